The number of nitrogens with zero attached hydrogens (tertiary/aromatic N) is 2. The Balaban J connectivity index is 1.81. The van der Waals surface area contributed by atoms with Gasteiger partial charge in [0.05, 0.1) is 10.9 Å². The minimum atomic E-state index is -4.04. The highest BCUT2D eigenvalue weighted by Gasteiger charge is 2.43. The molecule has 2 aliphatic heterocycles. The Kier molecular flexibility index (Phi) is 3.80. The Labute approximate surface area is 130 Å². The molecule has 2 saturated heterocycles. The summed E-state index contributed by atoms with van der Waals surface area (Å²) in [7, 11) is -4.04. The number of carbonyl (C=O) groups is 2. The van der Waals surface area contributed by atoms with Crippen LogP contribution in [0.2, 0.25) is 0 Å². The number of imide groups is 1. The van der Waals surface area contributed by atoms with Crippen molar-refractivity contribution in [3.8, 4) is 0 Å². The Morgan fingerprint density at radius 1 is 1.17 bits per heavy atom. The molecule has 124 valence electrons. The van der Waals surface area contributed by atoms with Crippen LogP contribution in [-0.4, -0.2) is 55.4 Å². The third-order valence-electron chi connectivity index (χ3n) is 3.80. The van der Waals surface area contributed by atoms with Crippen LogP contribution in [0.3, 0.4) is 0 Å². The normalized spacial score (nSPS) is 22.7. The quantitative estimate of drug-likeness (QED) is 0.805. The van der Waals surface area contributed by atoms with Crippen LogP contribution in [0.4, 0.5) is 13.6 Å². The van der Waals surface area contributed by atoms with Crippen molar-refractivity contribution in [3.05, 3.63) is 29.8 Å². The van der Waals surface area contributed by atoms with Crippen LogP contribution in [0.5, 0.6) is 0 Å². The van der Waals surface area contributed by atoms with Crippen molar-refractivity contribution in [2.75, 3.05) is 19.7 Å². The van der Waals surface area contributed by atoms with E-state index < -0.39 is 39.7 Å². The molecule has 1 unspecified atom stereocenters. The molecule has 0 aliphatic carbocycles. The van der Waals surface area contributed by atoms with Gasteiger partial charge in [0.15, 0.2) is 18.2 Å². The fraction of sp³-hybridized carbons (Fsp3) is 0.385. The molecule has 1 aromatic carbocycles. The monoisotopic (exact) mass is 346 g/mol. The first-order valence-corrected chi connectivity index (χ1v) is 8.19. The first kappa shape index (κ1) is 15.8. The van der Waals surface area contributed by atoms with Crippen molar-refractivity contribution < 1.29 is 31.5 Å². The van der Waals surface area contributed by atoms with E-state index in [1.807, 2.05) is 0 Å². The summed E-state index contributed by atoms with van der Waals surface area (Å²) in [5.41, 5.74) is 0. The minimum absolute atomic E-state index is 0.0586. The lowest BCUT2D eigenvalue weighted by molar-refractivity contribution is -0.127. The van der Waals surface area contributed by atoms with E-state index in [-0.39, 0.29) is 31.0 Å². The van der Waals surface area contributed by atoms with Gasteiger partial charge in [0.25, 0.3) is 5.91 Å². The maximum Gasteiger partial charge on any atom is 0.417 e. The van der Waals surface area contributed by atoms with E-state index in [1.165, 1.54) is 0 Å². The lowest BCUT2D eigenvalue weighted by atomic mass is 10.2. The van der Waals surface area contributed by atoms with E-state index in [0.717, 1.165) is 21.3 Å². The number of hydrogen-bond donors (Lipinski definition) is 0. The largest absolute Gasteiger partial charge is 0.439 e. The van der Waals surface area contributed by atoms with Gasteiger partial charge in [-0.25, -0.2) is 26.9 Å². The molecule has 3 rings (SSSR count). The molecule has 2 fully saturated rings. The Bertz CT molecular complexity index is 767. The molecular weight excluding hydrogens is 334 g/mol. The van der Waals surface area contributed by atoms with E-state index in [2.05, 4.69) is 4.74 Å². The summed E-state index contributed by atoms with van der Waals surface area (Å²) in [6.07, 6.45) is -0.545. The number of carbonyl (C=O) groups excluding carboxylic acids is 2. The predicted octanol–water partition coefficient (Wildman–Crippen LogP) is 0.707. The molecule has 2 heterocycles. The van der Waals surface area contributed by atoms with Crippen molar-refractivity contribution >= 4 is 22.0 Å². The standard InChI is InChI=1S/C13H12F2N2O5S/c14-10-2-1-9(5-11(10)15)23(20,21)16-4-3-8(6-16)17-12(18)7-22-13(17)19/h1-2,5,8H,3-4,6-7H2. The third-order valence-corrected chi connectivity index (χ3v) is 5.67. The van der Waals surface area contributed by atoms with Crippen molar-refractivity contribution in [1.82, 2.24) is 9.21 Å². The zero-order valence-corrected chi connectivity index (χ0v) is 12.6. The van der Waals surface area contributed by atoms with Crippen LogP contribution in [0.15, 0.2) is 23.1 Å². The number of ether oxygens (including phenoxy) is 1. The van der Waals surface area contributed by atoms with Crippen LogP contribution in [0.1, 0.15) is 6.42 Å². The van der Waals surface area contributed by atoms with Gasteiger partial charge < -0.3 is 4.74 Å². The topological polar surface area (TPSA) is 84.0 Å². The molecule has 1 aromatic rings. The van der Waals surface area contributed by atoms with Crippen molar-refractivity contribution in [3.63, 3.8) is 0 Å². The molecule has 2 amide bonds. The molecule has 0 spiro atoms. The highest BCUT2D eigenvalue weighted by atomic mass is 32.2. The van der Waals surface area contributed by atoms with Crippen LogP contribution < -0.4 is 0 Å². The summed E-state index contributed by atoms with van der Waals surface area (Å²) >= 11 is 0. The van der Waals surface area contributed by atoms with Gasteiger partial charge in [0.1, 0.15) is 0 Å². The van der Waals surface area contributed by atoms with E-state index in [9.17, 15) is 26.8 Å². The smallest absolute Gasteiger partial charge is 0.417 e. The van der Waals surface area contributed by atoms with Crippen molar-refractivity contribution in [2.24, 2.45) is 0 Å². The lowest BCUT2D eigenvalue weighted by Crippen LogP contribution is -2.42. The average molecular weight is 346 g/mol. The third kappa shape index (κ3) is 2.68. The van der Waals surface area contributed by atoms with Crippen LogP contribution in [0, 0.1) is 11.6 Å². The van der Waals surface area contributed by atoms with Crippen LogP contribution in [-0.2, 0) is 19.6 Å². The molecule has 2 aliphatic rings. The maximum atomic E-state index is 13.2. The molecule has 10 heteroatoms. The summed E-state index contributed by atoms with van der Waals surface area (Å²) in [5, 5.41) is 0. The summed E-state index contributed by atoms with van der Waals surface area (Å²) in [6.45, 7) is -0.406. The molecule has 1 atom stereocenters. The second kappa shape index (κ2) is 5.53. The summed E-state index contributed by atoms with van der Waals surface area (Å²) in [6, 6.07) is 1.68. The van der Waals surface area contributed by atoms with Crippen molar-refractivity contribution in [1.29, 1.82) is 0 Å². The molecular formula is C13H12F2N2O5S. The zero-order chi connectivity index (χ0) is 16.8. The number of benzene rings is 1. The second-order valence-corrected chi connectivity index (χ2v) is 7.14. The molecule has 0 saturated carbocycles. The first-order valence-electron chi connectivity index (χ1n) is 6.74. The molecule has 0 N–H and O–H groups in total. The predicted molar refractivity (Wildman–Crippen MR) is 71.7 cm³/mol. The molecule has 0 aromatic heterocycles. The van der Waals surface area contributed by atoms with E-state index in [0.29, 0.717) is 6.07 Å². The molecule has 0 bridgehead atoms. The second-order valence-electron chi connectivity index (χ2n) is 5.20. The van der Waals surface area contributed by atoms with Gasteiger partial charge in [0.2, 0.25) is 10.0 Å². The van der Waals surface area contributed by atoms with Gasteiger partial charge in [-0.05, 0) is 24.6 Å². The van der Waals surface area contributed by atoms with Gasteiger partial charge in [-0.15, -0.1) is 0 Å². The van der Waals surface area contributed by atoms with Crippen LogP contribution in [0.25, 0.3) is 0 Å². The van der Waals surface area contributed by atoms with Gasteiger partial charge >= 0.3 is 6.09 Å². The van der Waals surface area contributed by atoms with Gasteiger partial charge in [-0.1, -0.05) is 0 Å². The number of cyclic esters (lactones) is 1. The van der Waals surface area contributed by atoms with Gasteiger partial charge in [-0.2, -0.15) is 4.31 Å². The van der Waals surface area contributed by atoms with E-state index >= 15 is 0 Å². The summed E-state index contributed by atoms with van der Waals surface area (Å²) in [5.74, 6) is -2.93. The lowest BCUT2D eigenvalue weighted by Gasteiger charge is -2.20. The number of hydrogen-bond acceptors (Lipinski definition) is 5. The zero-order valence-electron chi connectivity index (χ0n) is 11.7. The van der Waals surface area contributed by atoms with E-state index in [1.54, 1.807) is 0 Å². The maximum absolute atomic E-state index is 13.2. The number of rotatable bonds is 3. The summed E-state index contributed by atoms with van der Waals surface area (Å²) < 4.78 is 56.7. The first-order chi connectivity index (χ1) is 10.8. The fourth-order valence-electron chi connectivity index (χ4n) is 2.64. The van der Waals surface area contributed by atoms with Gasteiger partial charge in [0, 0.05) is 13.1 Å². The minimum Gasteiger partial charge on any atom is -0.439 e. The molecule has 23 heavy (non-hydrogen) atoms. The Morgan fingerprint density at radius 3 is 2.52 bits per heavy atom. The van der Waals surface area contributed by atoms with Crippen LogP contribution >= 0.6 is 0 Å². The highest BCUT2D eigenvalue weighted by molar-refractivity contribution is 7.89. The fourth-order valence-corrected chi connectivity index (χ4v) is 4.15. The SMILES string of the molecule is O=C1COC(=O)N1C1CCN(S(=O)(=O)c2ccc(F)c(F)c2)C1. The summed E-state index contributed by atoms with van der Waals surface area (Å²) in [4.78, 5) is 23.6. The Hall–Kier alpha value is -2.07. The number of amides is 2. The van der Waals surface area contributed by atoms with Crippen molar-refractivity contribution in [2.45, 2.75) is 17.4 Å². The highest BCUT2D eigenvalue weighted by Crippen LogP contribution is 2.26. The van der Waals surface area contributed by atoms with E-state index in [4.69, 9.17) is 0 Å². The molecule has 0 radical (unpaired) electrons. The van der Waals surface area contributed by atoms with Gasteiger partial charge in [-0.3, -0.25) is 4.79 Å². The number of sulfonamides is 1. The Morgan fingerprint density at radius 2 is 1.91 bits per heavy atom. The average Bonchev–Trinajstić information content (AvgIpc) is 3.09. The molecule has 7 nitrogen and oxygen atoms in total. The number of halogens is 2.